The lowest BCUT2D eigenvalue weighted by molar-refractivity contribution is -0.385. The van der Waals surface area contributed by atoms with Crippen LogP contribution >= 0.6 is 11.3 Å². The summed E-state index contributed by atoms with van der Waals surface area (Å²) in [6.07, 6.45) is 1.52. The molecule has 0 aliphatic heterocycles. The average Bonchev–Trinajstić information content (AvgIpc) is 2.92. The molecule has 1 heterocycles. The number of hydrogen-bond acceptors (Lipinski definition) is 7. The van der Waals surface area contributed by atoms with Gasteiger partial charge in [-0.3, -0.25) is 19.7 Å². The number of thiophene rings is 1. The predicted octanol–water partition coefficient (Wildman–Crippen LogP) is 3.45. The van der Waals surface area contributed by atoms with E-state index in [9.17, 15) is 28.1 Å². The van der Waals surface area contributed by atoms with Crippen molar-refractivity contribution in [3.63, 3.8) is 0 Å². The minimum Gasteiger partial charge on any atom is -0.294 e. The van der Waals surface area contributed by atoms with E-state index in [-0.39, 0.29) is 38.1 Å². The van der Waals surface area contributed by atoms with Crippen molar-refractivity contribution in [2.75, 3.05) is 6.26 Å². The van der Waals surface area contributed by atoms with Gasteiger partial charge in [0.25, 0.3) is 5.69 Å². The van der Waals surface area contributed by atoms with Crippen LogP contribution in [0.3, 0.4) is 0 Å². The standard InChI is InChI=1S/C18H17NO6S2/c1-18(2)8-11-14(13(20)9-18)17(27(3,24)25)26-16(11)15(21)10-6-4-5-7-12(10)19(22)23/h4-7H,8-9H2,1-3H3. The molecule has 1 aromatic carbocycles. The number of carbonyl (C=O) groups is 2. The Morgan fingerprint density at radius 1 is 1.22 bits per heavy atom. The van der Waals surface area contributed by atoms with Gasteiger partial charge in [0.1, 0.15) is 9.77 Å². The summed E-state index contributed by atoms with van der Waals surface area (Å²) >= 11 is 0.729. The molecule has 0 saturated heterocycles. The van der Waals surface area contributed by atoms with E-state index in [4.69, 9.17) is 0 Å². The number of nitro groups is 1. The molecular weight excluding hydrogens is 390 g/mol. The van der Waals surface area contributed by atoms with Gasteiger partial charge in [0.05, 0.1) is 15.4 Å². The Bertz CT molecular complexity index is 1100. The molecule has 27 heavy (non-hydrogen) atoms. The number of nitro benzene ring substituents is 1. The molecule has 1 aliphatic carbocycles. The van der Waals surface area contributed by atoms with Gasteiger partial charge in [-0.15, -0.1) is 11.3 Å². The van der Waals surface area contributed by atoms with Crippen LogP contribution in [0.2, 0.25) is 0 Å². The molecule has 0 atom stereocenters. The van der Waals surface area contributed by atoms with Gasteiger partial charge in [-0.05, 0) is 23.5 Å². The Morgan fingerprint density at radius 3 is 2.44 bits per heavy atom. The Morgan fingerprint density at radius 2 is 1.85 bits per heavy atom. The predicted molar refractivity (Wildman–Crippen MR) is 100 cm³/mol. The highest BCUT2D eigenvalue weighted by molar-refractivity contribution is 7.92. The summed E-state index contributed by atoms with van der Waals surface area (Å²) in [7, 11) is -3.72. The first-order valence-electron chi connectivity index (χ1n) is 8.09. The topological polar surface area (TPSA) is 111 Å². The molecule has 0 radical (unpaired) electrons. The summed E-state index contributed by atoms with van der Waals surface area (Å²) in [4.78, 5) is 36.4. The summed E-state index contributed by atoms with van der Waals surface area (Å²) < 4.78 is 24.3. The second-order valence-corrected chi connectivity index (χ2v) is 10.6. The van der Waals surface area contributed by atoms with Crippen molar-refractivity contribution in [3.05, 3.63) is 55.9 Å². The first kappa shape index (κ1) is 19.4. The van der Waals surface area contributed by atoms with Crippen LogP contribution in [0.1, 0.15) is 51.4 Å². The molecule has 0 fully saturated rings. The summed E-state index contributed by atoms with van der Waals surface area (Å²) in [5, 5.41) is 11.3. The fourth-order valence-electron chi connectivity index (χ4n) is 3.35. The highest BCUT2D eigenvalue weighted by Gasteiger charge is 2.40. The van der Waals surface area contributed by atoms with E-state index < -0.39 is 26.0 Å². The van der Waals surface area contributed by atoms with Crippen LogP contribution in [-0.2, 0) is 16.3 Å². The quantitative estimate of drug-likeness (QED) is 0.436. The van der Waals surface area contributed by atoms with E-state index in [1.807, 2.05) is 13.8 Å². The van der Waals surface area contributed by atoms with Crippen LogP contribution in [0, 0.1) is 15.5 Å². The Hall–Kier alpha value is -2.39. The van der Waals surface area contributed by atoms with E-state index in [1.165, 1.54) is 24.3 Å². The third-order valence-corrected chi connectivity index (χ3v) is 7.50. The Labute approximate surface area is 160 Å². The zero-order valence-corrected chi connectivity index (χ0v) is 16.6. The van der Waals surface area contributed by atoms with Crippen molar-refractivity contribution < 1.29 is 22.9 Å². The molecule has 7 nitrogen and oxygen atoms in total. The zero-order chi connectivity index (χ0) is 20.1. The number of rotatable bonds is 4. The van der Waals surface area contributed by atoms with Gasteiger partial charge in [0.2, 0.25) is 5.78 Å². The summed E-state index contributed by atoms with van der Waals surface area (Å²) in [6, 6.07) is 5.52. The maximum Gasteiger partial charge on any atom is 0.280 e. The zero-order valence-electron chi connectivity index (χ0n) is 14.9. The highest BCUT2D eigenvalue weighted by atomic mass is 32.2. The molecule has 2 aromatic rings. The normalized spacial score (nSPS) is 16.0. The first-order valence-corrected chi connectivity index (χ1v) is 10.8. The van der Waals surface area contributed by atoms with Crippen molar-refractivity contribution in [2.45, 2.75) is 30.9 Å². The van der Waals surface area contributed by atoms with Crippen LogP contribution in [0.25, 0.3) is 0 Å². The smallest absolute Gasteiger partial charge is 0.280 e. The van der Waals surface area contributed by atoms with Crippen LogP contribution < -0.4 is 0 Å². The molecule has 0 unspecified atom stereocenters. The average molecular weight is 407 g/mol. The van der Waals surface area contributed by atoms with E-state index >= 15 is 0 Å². The molecule has 3 rings (SSSR count). The monoisotopic (exact) mass is 407 g/mol. The van der Waals surface area contributed by atoms with Gasteiger partial charge in [-0.2, -0.15) is 0 Å². The van der Waals surface area contributed by atoms with Gasteiger partial charge in [0, 0.05) is 18.7 Å². The number of sulfone groups is 1. The van der Waals surface area contributed by atoms with Crippen molar-refractivity contribution >= 4 is 38.4 Å². The number of carbonyl (C=O) groups excluding carboxylic acids is 2. The van der Waals surface area contributed by atoms with E-state index in [1.54, 1.807) is 0 Å². The first-order chi connectivity index (χ1) is 12.4. The Kier molecular flexibility index (Phi) is 4.55. The molecule has 0 saturated carbocycles. The SMILES string of the molecule is CC1(C)CC(=O)c2c(S(C)(=O)=O)sc(C(=O)c3ccccc3[N+](=O)[O-])c2C1. The summed E-state index contributed by atoms with van der Waals surface area (Å²) in [5.74, 6) is -0.955. The highest BCUT2D eigenvalue weighted by Crippen LogP contribution is 2.44. The minimum absolute atomic E-state index is 0.0729. The summed E-state index contributed by atoms with van der Waals surface area (Å²) in [5.41, 5.74) is -0.458. The van der Waals surface area contributed by atoms with Crippen LogP contribution in [0.15, 0.2) is 28.5 Å². The Balaban J connectivity index is 2.28. The molecule has 0 spiro atoms. The van der Waals surface area contributed by atoms with Crippen LogP contribution in [0.5, 0.6) is 0 Å². The van der Waals surface area contributed by atoms with Crippen molar-refractivity contribution in [2.24, 2.45) is 5.41 Å². The second-order valence-electron chi connectivity index (χ2n) is 7.39. The number of para-hydroxylation sites is 1. The number of benzene rings is 1. The van der Waals surface area contributed by atoms with Crippen molar-refractivity contribution in [1.29, 1.82) is 0 Å². The molecule has 0 bridgehead atoms. The lowest BCUT2D eigenvalue weighted by Crippen LogP contribution is -2.28. The van der Waals surface area contributed by atoms with E-state index in [0.717, 1.165) is 17.6 Å². The molecule has 9 heteroatoms. The van der Waals surface area contributed by atoms with Gasteiger partial charge in [0.15, 0.2) is 15.6 Å². The fourth-order valence-corrected chi connectivity index (χ4v) is 5.84. The third kappa shape index (κ3) is 3.44. The van der Waals surface area contributed by atoms with Gasteiger partial charge < -0.3 is 0 Å². The molecule has 0 N–H and O–H groups in total. The van der Waals surface area contributed by atoms with Gasteiger partial charge in [-0.1, -0.05) is 26.0 Å². The number of hydrogen-bond donors (Lipinski definition) is 0. The largest absolute Gasteiger partial charge is 0.294 e. The lowest BCUT2D eigenvalue weighted by Gasteiger charge is -2.29. The molecule has 142 valence electrons. The number of Topliss-reactive ketones (excluding diaryl/α,β-unsaturated/α-hetero) is 1. The van der Waals surface area contributed by atoms with Crippen LogP contribution in [-0.4, -0.2) is 31.2 Å². The maximum absolute atomic E-state index is 13.1. The number of fused-ring (bicyclic) bond motifs is 1. The molecular formula is C18H17NO6S2. The third-order valence-electron chi connectivity index (χ3n) is 4.44. The molecule has 0 amide bonds. The van der Waals surface area contributed by atoms with E-state index in [2.05, 4.69) is 0 Å². The van der Waals surface area contributed by atoms with Gasteiger partial charge in [-0.25, -0.2) is 8.42 Å². The van der Waals surface area contributed by atoms with Gasteiger partial charge >= 0.3 is 0 Å². The molecule has 1 aliphatic rings. The minimum atomic E-state index is -3.72. The van der Waals surface area contributed by atoms with Crippen molar-refractivity contribution in [1.82, 2.24) is 0 Å². The van der Waals surface area contributed by atoms with Crippen LogP contribution in [0.4, 0.5) is 5.69 Å². The fraction of sp³-hybridized carbons (Fsp3) is 0.333. The summed E-state index contributed by atoms with van der Waals surface area (Å²) in [6.45, 7) is 3.73. The molecule has 1 aromatic heterocycles. The van der Waals surface area contributed by atoms with Crippen molar-refractivity contribution in [3.8, 4) is 0 Å². The second kappa shape index (κ2) is 6.35. The maximum atomic E-state index is 13.1. The number of ketones is 2. The van der Waals surface area contributed by atoms with E-state index in [0.29, 0.717) is 12.0 Å². The lowest BCUT2D eigenvalue weighted by atomic mass is 9.74. The number of nitrogens with zero attached hydrogens (tertiary/aromatic N) is 1.